The lowest BCUT2D eigenvalue weighted by molar-refractivity contribution is -0.127. The minimum absolute atomic E-state index is 0.280. The zero-order chi connectivity index (χ0) is 17.4. The first-order chi connectivity index (χ1) is 12.2. The fourth-order valence-electron chi connectivity index (χ4n) is 3.36. The number of carbonyl (C=O) groups is 1. The molecule has 1 aromatic heterocycles. The van der Waals surface area contributed by atoms with Crippen molar-refractivity contribution in [3.63, 3.8) is 0 Å². The zero-order valence-corrected chi connectivity index (χ0v) is 14.7. The molecule has 1 aliphatic heterocycles. The van der Waals surface area contributed by atoms with Crippen LogP contribution in [0.5, 0.6) is 11.5 Å². The second kappa shape index (κ2) is 6.41. The Morgan fingerprint density at radius 1 is 1.24 bits per heavy atom. The molecule has 0 spiro atoms. The van der Waals surface area contributed by atoms with E-state index in [4.69, 9.17) is 9.47 Å². The van der Waals surface area contributed by atoms with Crippen molar-refractivity contribution in [3.05, 3.63) is 40.3 Å². The van der Waals surface area contributed by atoms with Gasteiger partial charge in [-0.3, -0.25) is 4.79 Å². The first-order valence-electron chi connectivity index (χ1n) is 8.45. The van der Waals surface area contributed by atoms with E-state index in [0.29, 0.717) is 22.1 Å². The normalized spacial score (nSPS) is 21.1. The summed E-state index contributed by atoms with van der Waals surface area (Å²) in [4.78, 5) is 14.0. The van der Waals surface area contributed by atoms with Gasteiger partial charge in [0.05, 0.1) is 5.56 Å². The fraction of sp³-hybridized carbons (Fsp3) is 0.368. The molecule has 2 atom stereocenters. The van der Waals surface area contributed by atoms with Gasteiger partial charge in [0.25, 0.3) is 5.91 Å². The van der Waals surface area contributed by atoms with E-state index in [9.17, 15) is 10.1 Å². The van der Waals surface area contributed by atoms with Gasteiger partial charge in [0.15, 0.2) is 11.5 Å². The maximum Gasteiger partial charge on any atom is 0.270 e. The number of fused-ring (bicyclic) bond motifs is 2. The number of carbonyl (C=O) groups excluding carboxylic acids is 1. The molecule has 1 amide bonds. The standard InChI is InChI=1S/C19H18N2O3S/c1-11-17(24-15-8-4-3-7-14(15)23-11)18(22)21-19-13(10-20)12-6-2-5-9-16(12)25-19/h3-4,7-8,11,17H,2,5-6,9H2,1H3,(H,21,22)/t11-,17-/m1/s1. The van der Waals surface area contributed by atoms with Gasteiger partial charge in [0.1, 0.15) is 17.2 Å². The van der Waals surface area contributed by atoms with Crippen LogP contribution in [0.2, 0.25) is 0 Å². The first kappa shape index (κ1) is 16.0. The van der Waals surface area contributed by atoms with Crippen molar-refractivity contribution in [1.82, 2.24) is 0 Å². The number of nitriles is 1. The van der Waals surface area contributed by atoms with Crippen LogP contribution in [0.4, 0.5) is 5.00 Å². The lowest BCUT2D eigenvalue weighted by atomic mass is 9.96. The molecule has 1 aliphatic carbocycles. The molecular weight excluding hydrogens is 336 g/mol. The maximum atomic E-state index is 12.7. The lowest BCUT2D eigenvalue weighted by Gasteiger charge is -2.30. The van der Waals surface area contributed by atoms with E-state index in [2.05, 4.69) is 11.4 Å². The van der Waals surface area contributed by atoms with Crippen LogP contribution in [-0.4, -0.2) is 18.1 Å². The van der Waals surface area contributed by atoms with Gasteiger partial charge in [-0.05, 0) is 50.3 Å². The monoisotopic (exact) mass is 354 g/mol. The Kier molecular flexibility index (Phi) is 4.10. The van der Waals surface area contributed by atoms with Crippen LogP contribution >= 0.6 is 11.3 Å². The van der Waals surface area contributed by atoms with Gasteiger partial charge in [0, 0.05) is 4.88 Å². The molecule has 2 heterocycles. The third kappa shape index (κ3) is 2.85. The van der Waals surface area contributed by atoms with Crippen molar-refractivity contribution in [2.24, 2.45) is 0 Å². The van der Waals surface area contributed by atoms with E-state index in [1.807, 2.05) is 25.1 Å². The predicted octanol–water partition coefficient (Wildman–Crippen LogP) is 3.67. The second-order valence-electron chi connectivity index (χ2n) is 6.32. The Hall–Kier alpha value is -2.52. The summed E-state index contributed by atoms with van der Waals surface area (Å²) in [7, 11) is 0. The molecule has 0 radical (unpaired) electrons. The first-order valence-corrected chi connectivity index (χ1v) is 9.27. The number of ether oxygens (including phenoxy) is 2. The average Bonchev–Trinajstić information content (AvgIpc) is 2.97. The molecule has 5 nitrogen and oxygen atoms in total. The summed E-state index contributed by atoms with van der Waals surface area (Å²) in [5.74, 6) is 0.923. The Balaban J connectivity index is 1.57. The van der Waals surface area contributed by atoms with Crippen molar-refractivity contribution < 1.29 is 14.3 Å². The van der Waals surface area contributed by atoms with Crippen LogP contribution in [0.3, 0.4) is 0 Å². The van der Waals surface area contributed by atoms with Gasteiger partial charge in [-0.15, -0.1) is 11.3 Å². The van der Waals surface area contributed by atoms with Crippen molar-refractivity contribution in [2.75, 3.05) is 5.32 Å². The number of para-hydroxylation sites is 2. The van der Waals surface area contributed by atoms with Gasteiger partial charge >= 0.3 is 0 Å². The number of aryl methyl sites for hydroxylation is 1. The van der Waals surface area contributed by atoms with Crippen molar-refractivity contribution in [3.8, 4) is 17.6 Å². The molecule has 25 heavy (non-hydrogen) atoms. The average molecular weight is 354 g/mol. The number of hydrogen-bond donors (Lipinski definition) is 1. The highest BCUT2D eigenvalue weighted by molar-refractivity contribution is 7.16. The highest BCUT2D eigenvalue weighted by atomic mass is 32.1. The summed E-state index contributed by atoms with van der Waals surface area (Å²) in [6.07, 6.45) is 2.98. The Morgan fingerprint density at radius 3 is 2.72 bits per heavy atom. The van der Waals surface area contributed by atoms with Gasteiger partial charge in [-0.2, -0.15) is 5.26 Å². The van der Waals surface area contributed by atoms with E-state index in [1.54, 1.807) is 6.07 Å². The molecule has 0 saturated heterocycles. The molecule has 0 fully saturated rings. The van der Waals surface area contributed by atoms with Crippen LogP contribution in [0.25, 0.3) is 0 Å². The minimum atomic E-state index is -0.749. The third-order valence-corrected chi connectivity index (χ3v) is 5.83. The number of hydrogen-bond acceptors (Lipinski definition) is 5. The Bertz CT molecular complexity index is 868. The summed E-state index contributed by atoms with van der Waals surface area (Å²) in [6, 6.07) is 9.57. The van der Waals surface area contributed by atoms with Crippen molar-refractivity contribution >= 4 is 22.2 Å². The summed E-state index contributed by atoms with van der Waals surface area (Å²) in [5.41, 5.74) is 1.71. The number of rotatable bonds is 2. The van der Waals surface area contributed by atoms with Crippen molar-refractivity contribution in [1.29, 1.82) is 5.26 Å². The topological polar surface area (TPSA) is 71.3 Å². The highest BCUT2D eigenvalue weighted by Gasteiger charge is 2.35. The molecule has 6 heteroatoms. The van der Waals surface area contributed by atoms with Crippen molar-refractivity contribution in [2.45, 2.75) is 44.8 Å². The van der Waals surface area contributed by atoms with Gasteiger partial charge in [0.2, 0.25) is 6.10 Å². The molecule has 2 aromatic rings. The molecule has 1 N–H and O–H groups in total. The van der Waals surface area contributed by atoms with E-state index < -0.39 is 12.2 Å². The number of anilines is 1. The van der Waals surface area contributed by atoms with Crippen LogP contribution in [0, 0.1) is 11.3 Å². The summed E-state index contributed by atoms with van der Waals surface area (Å²) in [5, 5.41) is 13.1. The quantitative estimate of drug-likeness (QED) is 0.893. The highest BCUT2D eigenvalue weighted by Crippen LogP contribution is 2.38. The second-order valence-corrected chi connectivity index (χ2v) is 7.43. The predicted molar refractivity (Wildman–Crippen MR) is 95.3 cm³/mol. The van der Waals surface area contributed by atoms with Gasteiger partial charge in [-0.1, -0.05) is 12.1 Å². The number of nitrogens with zero attached hydrogens (tertiary/aromatic N) is 1. The van der Waals surface area contributed by atoms with E-state index in [0.717, 1.165) is 31.2 Å². The van der Waals surface area contributed by atoms with Crippen LogP contribution in [-0.2, 0) is 17.6 Å². The van der Waals surface area contributed by atoms with Gasteiger partial charge < -0.3 is 14.8 Å². The summed E-state index contributed by atoms with van der Waals surface area (Å²) in [6.45, 7) is 1.81. The number of thiophene rings is 1. The fourth-order valence-corrected chi connectivity index (χ4v) is 4.60. The maximum absolute atomic E-state index is 12.7. The van der Waals surface area contributed by atoms with Crippen LogP contribution in [0.15, 0.2) is 24.3 Å². The number of benzene rings is 1. The van der Waals surface area contributed by atoms with E-state index >= 15 is 0 Å². The Morgan fingerprint density at radius 2 is 1.96 bits per heavy atom. The Labute approximate surface area is 150 Å². The smallest absolute Gasteiger partial charge is 0.270 e. The summed E-state index contributed by atoms with van der Waals surface area (Å²) >= 11 is 1.51. The lowest BCUT2D eigenvalue weighted by Crippen LogP contribution is -2.46. The van der Waals surface area contributed by atoms with E-state index in [-0.39, 0.29) is 5.91 Å². The summed E-state index contributed by atoms with van der Waals surface area (Å²) < 4.78 is 11.6. The molecule has 0 unspecified atom stereocenters. The molecule has 128 valence electrons. The van der Waals surface area contributed by atoms with E-state index in [1.165, 1.54) is 16.2 Å². The zero-order valence-electron chi connectivity index (χ0n) is 13.9. The molecule has 0 saturated carbocycles. The van der Waals surface area contributed by atoms with Crippen LogP contribution < -0.4 is 14.8 Å². The largest absolute Gasteiger partial charge is 0.482 e. The van der Waals surface area contributed by atoms with Gasteiger partial charge in [-0.25, -0.2) is 0 Å². The molecule has 0 bridgehead atoms. The SMILES string of the molecule is C[C@H]1Oc2ccccc2O[C@H]1C(=O)Nc1sc2c(c1C#N)CCCC2. The minimum Gasteiger partial charge on any atom is -0.482 e. The number of nitrogens with one attached hydrogen (secondary N) is 1. The molecule has 2 aliphatic rings. The molecular formula is C19H18N2O3S. The third-order valence-electron chi connectivity index (χ3n) is 4.62. The molecule has 1 aromatic carbocycles. The molecule has 4 rings (SSSR count). The number of amides is 1. The van der Waals surface area contributed by atoms with Crippen LogP contribution in [0.1, 0.15) is 35.8 Å².